The topological polar surface area (TPSA) is 433 Å². The van der Waals surface area contributed by atoms with E-state index in [4.69, 9.17) is 38.1 Å². The van der Waals surface area contributed by atoms with Crippen LogP contribution < -0.4 is 64.7 Å². The van der Waals surface area contributed by atoms with Crippen molar-refractivity contribution in [1.29, 1.82) is 0 Å². The minimum atomic E-state index is -0.518. The van der Waals surface area contributed by atoms with Gasteiger partial charge >= 0.3 is 0 Å². The molecule has 676 valence electrons. The molecule has 0 fully saturated rings. The summed E-state index contributed by atoms with van der Waals surface area (Å²) in [6.45, 7) is 0. The minimum absolute atomic E-state index is 0.0970. The van der Waals surface area contributed by atoms with Crippen LogP contribution in [0.25, 0.3) is 60.6 Å². The van der Waals surface area contributed by atoms with E-state index in [-0.39, 0.29) is 41.1 Å². The van der Waals surface area contributed by atoms with Crippen LogP contribution in [0.2, 0.25) is 0 Å². The third-order valence-electron chi connectivity index (χ3n) is 21.4. The highest BCUT2D eigenvalue weighted by Crippen LogP contribution is 2.40. The van der Waals surface area contributed by atoms with Gasteiger partial charge in [0.05, 0.1) is 28.3 Å². The number of nitrogens with zero attached hydrogens (tertiary/aromatic N) is 18. The van der Waals surface area contributed by atoms with Gasteiger partial charge < -0.3 is 69.3 Å². The number of halogens is 3. The fraction of sp³-hybridized carbons (Fsp3) is 0.0686. The van der Waals surface area contributed by atoms with E-state index in [1.165, 1.54) is 35.5 Å². The van der Waals surface area contributed by atoms with E-state index < -0.39 is 11.6 Å². The van der Waals surface area contributed by atoms with Crippen LogP contribution in [0.1, 0.15) is 41.8 Å². The van der Waals surface area contributed by atoms with Gasteiger partial charge in [0, 0.05) is 226 Å². The molecule has 0 amide bonds. The van der Waals surface area contributed by atoms with Crippen LogP contribution in [-0.2, 0) is 25.7 Å². The molecule has 0 aliphatic heterocycles. The van der Waals surface area contributed by atoms with Crippen LogP contribution in [0.3, 0.4) is 0 Å². The number of aryl methyl sites for hydroxylation is 2. The van der Waals surface area contributed by atoms with Crippen molar-refractivity contribution in [3.8, 4) is 51.2 Å². The minimum Gasteiger partial charge on any atom is -0.454 e. The standard InChI is InChI=1S/2C24H17FN6O.C20H18N6.C19H18FN5S.C15H13N5S/c25-19-11-17(29-23-12-20(30-24(26)31-23)16-4-2-9-27-14-16)6-7-22(19)32-21-5-1-3-15-13-28-10-8-18(15)21;25-19-12-17(29-23-13-20(30-24(26)31-23)15-6-9-27-10-7-15)4-5-22(19)32-21-3-1-2-16-14-28-11-8-18(16)21;21-20-24-17-3-1-2-16(17)19(25-20)23-14-4-5-18-13(12-14)8-11-26(18)15-6-9-22-10-7-15;20-15-11-12(5-6-17(15)26-13-7-9-22-10-8-13)23-18-14-3-1-2-4-16(14)24-19(21)25-18;16-15-18-10-7-14(20-15)19-11-1-3-12(4-2-11)21-13-5-8-17-9-6-13/h2*1-14H,(H3,26,29,30,31);4-12H,1-3H2,(H3,21,23,24,25);5-11H,1-4H2,(H3,21,23,24,25);1-10H,(H3,16,18,19,20). The van der Waals surface area contributed by atoms with Crippen molar-refractivity contribution >= 4 is 143 Å². The van der Waals surface area contributed by atoms with Gasteiger partial charge in [-0.3, -0.25) is 34.9 Å². The molecule has 7 aromatic carbocycles. The molecule has 13 heterocycles. The van der Waals surface area contributed by atoms with Crippen LogP contribution in [0.5, 0.6) is 23.0 Å². The first-order valence-corrected chi connectivity index (χ1v) is 44.7. The monoisotopic (exact) mass is 1850 g/mol. The molecule has 0 unspecified atom stereocenters. The number of fused-ring (bicyclic) bond motifs is 5. The number of aromatic nitrogens is 18. The lowest BCUT2D eigenvalue weighted by Crippen LogP contribution is -2.12. The number of benzene rings is 7. The number of anilines is 15. The summed E-state index contributed by atoms with van der Waals surface area (Å²) in [4.78, 5) is 74.4. The van der Waals surface area contributed by atoms with Crippen LogP contribution in [0, 0.1) is 17.5 Å². The Morgan fingerprint density at radius 1 is 0.314 bits per heavy atom. The van der Waals surface area contributed by atoms with E-state index in [0.717, 1.165) is 143 Å². The van der Waals surface area contributed by atoms with Crippen LogP contribution >= 0.6 is 23.5 Å². The number of nitrogen functional groups attached to an aromatic ring is 5. The smallest absolute Gasteiger partial charge is 0.222 e. The molecule has 0 radical (unpaired) electrons. The summed E-state index contributed by atoms with van der Waals surface area (Å²) in [5, 5.41) is 20.6. The second-order valence-corrected chi connectivity index (χ2v) is 33.0. The Hall–Kier alpha value is -17.9. The average Bonchev–Trinajstić information content (AvgIpc) is 1.60. The molecule has 35 heteroatoms. The number of rotatable bonds is 21. The van der Waals surface area contributed by atoms with Crippen LogP contribution in [-0.4, -0.2) is 89.3 Å². The molecule has 0 atom stereocenters. The molecule has 2 aliphatic carbocycles. The second kappa shape index (κ2) is 42.6. The summed E-state index contributed by atoms with van der Waals surface area (Å²) in [5.74, 6) is 4.11. The fourth-order valence-electron chi connectivity index (χ4n) is 15.0. The van der Waals surface area contributed by atoms with E-state index in [0.29, 0.717) is 74.1 Å². The normalized spacial score (nSPS) is 11.6. The van der Waals surface area contributed by atoms with Crippen molar-refractivity contribution < 1.29 is 22.6 Å². The summed E-state index contributed by atoms with van der Waals surface area (Å²) in [5.41, 5.74) is 42.0. The zero-order chi connectivity index (χ0) is 93.8. The first kappa shape index (κ1) is 89.7. The number of ether oxygens (including phenoxy) is 2. The van der Waals surface area contributed by atoms with E-state index in [2.05, 4.69) is 158 Å². The lowest BCUT2D eigenvalue weighted by Gasteiger charge is -2.19. The maximum absolute atomic E-state index is 14.8. The molecule has 0 bridgehead atoms. The van der Waals surface area contributed by atoms with Gasteiger partial charge in [-0.1, -0.05) is 47.8 Å². The highest BCUT2D eigenvalue weighted by Gasteiger charge is 2.23. The van der Waals surface area contributed by atoms with Crippen molar-refractivity contribution in [2.75, 3.05) is 55.3 Å². The maximum Gasteiger partial charge on any atom is 0.222 e. The SMILES string of the molecule is Nc1nc(Nc2ccc(Oc3cccc4cnccc34)c(F)c2)cc(-c2cccnc2)n1.Nc1nc(Nc2ccc(Oc3cccc4cnccc34)c(F)c2)cc(-c2ccncc2)n1.Nc1nc2c(c(Nc3ccc(Sc4ccncc4)c(F)c3)n1)CCCC2.Nc1nc2c(c(Nc3ccc4c(ccn4-c4ccncc4)c3)n1)CCC2.Nc1nccc(Nc2ccc(Sc3ccncc3)cc2)n1. The van der Waals surface area contributed by atoms with Gasteiger partial charge in [-0.15, -0.1) is 0 Å². The lowest BCUT2D eigenvalue weighted by molar-refractivity contribution is 0.446. The van der Waals surface area contributed by atoms with Gasteiger partial charge in [0.25, 0.3) is 0 Å². The van der Waals surface area contributed by atoms with Gasteiger partial charge in [-0.25, -0.2) is 38.1 Å². The van der Waals surface area contributed by atoms with E-state index >= 15 is 0 Å². The summed E-state index contributed by atoms with van der Waals surface area (Å²) >= 11 is 3.06. The summed E-state index contributed by atoms with van der Waals surface area (Å²) in [7, 11) is 0. The molecule has 0 saturated heterocycles. The first-order chi connectivity index (χ1) is 67.1. The Morgan fingerprint density at radius 3 is 1.36 bits per heavy atom. The molecule has 15 N–H and O–H groups in total. The molecular weight excluding hydrogens is 1770 g/mol. The molecule has 2 aliphatic rings. The molecule has 13 aromatic heterocycles. The highest BCUT2D eigenvalue weighted by atomic mass is 32.2. The summed E-state index contributed by atoms with van der Waals surface area (Å²) in [6, 6.07) is 69.8. The fourth-order valence-corrected chi connectivity index (χ4v) is 16.6. The third kappa shape index (κ3) is 23.2. The predicted molar refractivity (Wildman–Crippen MR) is 531 cm³/mol. The van der Waals surface area contributed by atoms with Crippen molar-refractivity contribution in [1.82, 2.24) is 89.3 Å². The summed E-state index contributed by atoms with van der Waals surface area (Å²) in [6.07, 6.45) is 34.9. The second-order valence-electron chi connectivity index (χ2n) is 30.8. The van der Waals surface area contributed by atoms with Gasteiger partial charge in [-0.05, 0) is 227 Å². The van der Waals surface area contributed by atoms with E-state index in [9.17, 15) is 13.2 Å². The number of pyridine rings is 7. The van der Waals surface area contributed by atoms with Crippen LogP contribution in [0.15, 0.2) is 349 Å². The number of nitrogens with one attached hydrogen (secondary N) is 5. The maximum atomic E-state index is 14.8. The van der Waals surface area contributed by atoms with Crippen LogP contribution in [0.4, 0.5) is 100 Å². The third-order valence-corrected chi connectivity index (χ3v) is 23.4. The Morgan fingerprint density at radius 2 is 0.788 bits per heavy atom. The molecule has 0 spiro atoms. The predicted octanol–water partition coefficient (Wildman–Crippen LogP) is 22.0. The number of hydrogen-bond donors (Lipinski definition) is 10. The Balaban J connectivity index is 0.000000115. The van der Waals surface area contributed by atoms with Gasteiger partial charge in [0.15, 0.2) is 23.1 Å². The molecule has 22 rings (SSSR count). The van der Waals surface area contributed by atoms with Crippen molar-refractivity contribution in [2.45, 2.75) is 64.5 Å². The number of hydrogen-bond acceptors (Lipinski definition) is 31. The lowest BCUT2D eigenvalue weighted by atomic mass is 9.96. The molecule has 30 nitrogen and oxygen atoms in total. The number of nitrogens with two attached hydrogens (primary N) is 5. The Kier molecular flexibility index (Phi) is 27.9. The quantitative estimate of drug-likeness (QED) is 0.0319. The van der Waals surface area contributed by atoms with Gasteiger partial charge in [0.2, 0.25) is 29.7 Å². The molecular formula is C102H83F3N28O2S2. The van der Waals surface area contributed by atoms with E-state index in [1.54, 1.807) is 171 Å². The summed E-state index contributed by atoms with van der Waals surface area (Å²) < 4.78 is 58.0. The molecule has 137 heavy (non-hydrogen) atoms. The molecule has 20 aromatic rings. The van der Waals surface area contributed by atoms with Crippen molar-refractivity contribution in [3.63, 3.8) is 0 Å². The highest BCUT2D eigenvalue weighted by molar-refractivity contribution is 7.99. The average molecular weight is 1850 g/mol. The zero-order valence-corrected chi connectivity index (χ0v) is 74.5. The van der Waals surface area contributed by atoms with Gasteiger partial charge in [-0.2, -0.15) is 24.9 Å². The van der Waals surface area contributed by atoms with E-state index in [1.807, 2.05) is 109 Å². The molecule has 0 saturated carbocycles. The first-order valence-electron chi connectivity index (χ1n) is 43.1. The zero-order valence-electron chi connectivity index (χ0n) is 72.8. The Bertz CT molecular complexity index is 7410. The Labute approximate surface area is 791 Å². The van der Waals surface area contributed by atoms with Crippen molar-refractivity contribution in [2.24, 2.45) is 0 Å². The van der Waals surface area contributed by atoms with Crippen molar-refractivity contribution in [3.05, 3.63) is 370 Å². The van der Waals surface area contributed by atoms with Gasteiger partial charge in [0.1, 0.15) is 46.4 Å². The largest absolute Gasteiger partial charge is 0.454 e.